The van der Waals surface area contributed by atoms with E-state index in [1.807, 2.05) is 11.3 Å². The summed E-state index contributed by atoms with van der Waals surface area (Å²) in [6, 6.07) is -0.0703. The third-order valence-corrected chi connectivity index (χ3v) is 5.18. The topological polar surface area (TPSA) is 65.5 Å². The zero-order chi connectivity index (χ0) is 15.9. The van der Waals surface area contributed by atoms with Gasteiger partial charge in [-0.2, -0.15) is 0 Å². The smallest absolute Gasteiger partial charge is 0.317 e. The van der Waals surface area contributed by atoms with Crippen molar-refractivity contribution in [3.05, 3.63) is 15.6 Å². The highest BCUT2D eigenvalue weighted by Crippen LogP contribution is 2.27. The Kier molecular flexibility index (Phi) is 6.64. The third kappa shape index (κ3) is 5.25. The highest BCUT2D eigenvalue weighted by Gasteiger charge is 2.15. The van der Waals surface area contributed by atoms with Crippen molar-refractivity contribution >= 4 is 17.4 Å². The molecule has 1 heterocycles. The average Bonchev–Trinajstić information content (AvgIpc) is 2.91. The number of aryl methyl sites for hydroxylation is 3. The molecule has 124 valence electrons. The maximum absolute atomic E-state index is 11.8. The van der Waals surface area contributed by atoms with E-state index >= 15 is 0 Å². The molecule has 5 nitrogen and oxygen atoms in total. The molecule has 0 saturated carbocycles. The Morgan fingerprint density at radius 2 is 2.23 bits per heavy atom. The molecule has 22 heavy (non-hydrogen) atoms. The van der Waals surface area contributed by atoms with E-state index < -0.39 is 0 Å². The molecule has 1 unspecified atom stereocenters. The van der Waals surface area contributed by atoms with Crippen molar-refractivity contribution in [2.75, 3.05) is 20.1 Å². The molecular weight excluding hydrogens is 298 g/mol. The summed E-state index contributed by atoms with van der Waals surface area (Å²) in [6.07, 6.45) is 6.99. The van der Waals surface area contributed by atoms with Crippen LogP contribution in [0.5, 0.6) is 0 Å². The first-order valence-electron chi connectivity index (χ1n) is 8.20. The van der Waals surface area contributed by atoms with Gasteiger partial charge in [0.2, 0.25) is 0 Å². The number of urea groups is 1. The minimum atomic E-state index is -0.369. The number of amides is 2. The van der Waals surface area contributed by atoms with Crippen LogP contribution >= 0.6 is 11.3 Å². The van der Waals surface area contributed by atoms with Gasteiger partial charge in [0.05, 0.1) is 16.8 Å². The molecule has 1 atom stereocenters. The number of aliphatic hydroxyl groups excluding tert-OH is 1. The molecule has 1 aliphatic carbocycles. The van der Waals surface area contributed by atoms with Crippen molar-refractivity contribution < 1.29 is 9.90 Å². The third-order valence-electron chi connectivity index (χ3n) is 3.96. The average molecular weight is 325 g/mol. The number of nitrogens with one attached hydrogen (secondary N) is 1. The van der Waals surface area contributed by atoms with Gasteiger partial charge in [-0.15, -0.1) is 11.3 Å². The molecule has 2 amide bonds. The number of hydrogen-bond donors (Lipinski definition) is 2. The summed E-state index contributed by atoms with van der Waals surface area (Å²) in [7, 11) is 1.76. The second-order valence-corrected chi connectivity index (χ2v) is 7.25. The summed E-state index contributed by atoms with van der Waals surface area (Å²) in [5, 5.41) is 13.4. The van der Waals surface area contributed by atoms with E-state index in [1.54, 1.807) is 18.9 Å². The molecule has 0 spiro atoms. The van der Waals surface area contributed by atoms with Gasteiger partial charge in [0.1, 0.15) is 0 Å². The Hall–Kier alpha value is -1.14. The maximum Gasteiger partial charge on any atom is 0.317 e. The van der Waals surface area contributed by atoms with Crippen molar-refractivity contribution in [1.29, 1.82) is 0 Å². The molecule has 0 aromatic carbocycles. The predicted octanol–water partition coefficient (Wildman–Crippen LogP) is 2.37. The van der Waals surface area contributed by atoms with Gasteiger partial charge in [-0.05, 0) is 45.4 Å². The number of aromatic nitrogens is 1. The lowest BCUT2D eigenvalue weighted by atomic mass is 10.0. The number of carbonyl (C=O) groups excluding carboxylic acids is 1. The van der Waals surface area contributed by atoms with Crippen LogP contribution in [0.1, 0.15) is 48.2 Å². The molecule has 1 aliphatic rings. The summed E-state index contributed by atoms with van der Waals surface area (Å²) in [6.45, 7) is 2.98. The van der Waals surface area contributed by atoms with Crippen LogP contribution in [-0.2, 0) is 19.3 Å². The monoisotopic (exact) mass is 325 g/mol. The number of aliphatic hydroxyl groups is 1. The normalized spacial score (nSPS) is 15.2. The molecule has 0 bridgehead atoms. The minimum Gasteiger partial charge on any atom is -0.393 e. The first-order chi connectivity index (χ1) is 10.6. The molecule has 0 radical (unpaired) electrons. The number of nitrogens with zero attached hydrogens (tertiary/aromatic N) is 2. The summed E-state index contributed by atoms with van der Waals surface area (Å²) in [5.41, 5.74) is 1.31. The standard InChI is InChI=1S/C16H27N3O2S/c1-12(20)9-11-19(2)16(21)17-10-5-8-15-18-13-6-3-4-7-14(13)22-15/h12,20H,3-11H2,1-2H3,(H,17,21). The first kappa shape index (κ1) is 17.2. The summed E-state index contributed by atoms with van der Waals surface area (Å²) >= 11 is 1.85. The van der Waals surface area contributed by atoms with Crippen LogP contribution in [0.15, 0.2) is 0 Å². The minimum absolute atomic E-state index is 0.0703. The predicted molar refractivity (Wildman–Crippen MR) is 89.4 cm³/mol. The van der Waals surface area contributed by atoms with Crippen LogP contribution in [-0.4, -0.2) is 47.3 Å². The molecular formula is C16H27N3O2S. The number of fused-ring (bicyclic) bond motifs is 1. The fourth-order valence-corrected chi connectivity index (χ4v) is 3.76. The molecule has 0 fully saturated rings. The van der Waals surface area contributed by atoms with Crippen LogP contribution in [0, 0.1) is 0 Å². The number of carbonyl (C=O) groups is 1. The van der Waals surface area contributed by atoms with E-state index in [0.717, 1.165) is 19.3 Å². The van der Waals surface area contributed by atoms with Crippen molar-refractivity contribution in [3.8, 4) is 0 Å². The zero-order valence-corrected chi connectivity index (χ0v) is 14.4. The van der Waals surface area contributed by atoms with E-state index in [2.05, 4.69) is 5.32 Å². The van der Waals surface area contributed by atoms with Crippen LogP contribution in [0.3, 0.4) is 0 Å². The Balaban J connectivity index is 1.64. The Labute approximate surface area is 136 Å². The molecule has 2 rings (SSSR count). The Morgan fingerprint density at radius 1 is 1.45 bits per heavy atom. The van der Waals surface area contributed by atoms with Gasteiger partial charge in [-0.1, -0.05) is 0 Å². The lowest BCUT2D eigenvalue weighted by molar-refractivity contribution is 0.163. The van der Waals surface area contributed by atoms with E-state index in [-0.39, 0.29) is 12.1 Å². The van der Waals surface area contributed by atoms with Gasteiger partial charge in [0, 0.05) is 31.4 Å². The van der Waals surface area contributed by atoms with Crippen LogP contribution in [0.2, 0.25) is 0 Å². The fourth-order valence-electron chi connectivity index (χ4n) is 2.56. The second kappa shape index (κ2) is 8.48. The van der Waals surface area contributed by atoms with E-state index in [1.165, 1.54) is 34.8 Å². The lowest BCUT2D eigenvalue weighted by Gasteiger charge is -2.18. The van der Waals surface area contributed by atoms with Gasteiger partial charge in [0.15, 0.2) is 0 Å². The summed E-state index contributed by atoms with van der Waals surface area (Å²) < 4.78 is 0. The van der Waals surface area contributed by atoms with Gasteiger partial charge < -0.3 is 15.3 Å². The number of rotatable bonds is 7. The number of hydrogen-bond acceptors (Lipinski definition) is 4. The van der Waals surface area contributed by atoms with Crippen LogP contribution in [0.25, 0.3) is 0 Å². The quantitative estimate of drug-likeness (QED) is 0.756. The Morgan fingerprint density at radius 3 is 2.95 bits per heavy atom. The summed E-state index contributed by atoms with van der Waals surface area (Å²) in [5.74, 6) is 0. The van der Waals surface area contributed by atoms with Crippen molar-refractivity contribution in [3.63, 3.8) is 0 Å². The van der Waals surface area contributed by atoms with Gasteiger partial charge in [-0.3, -0.25) is 0 Å². The van der Waals surface area contributed by atoms with Gasteiger partial charge in [-0.25, -0.2) is 9.78 Å². The molecule has 0 aliphatic heterocycles. The highest BCUT2D eigenvalue weighted by molar-refractivity contribution is 7.11. The first-order valence-corrected chi connectivity index (χ1v) is 9.02. The molecule has 0 saturated heterocycles. The molecule has 1 aromatic heterocycles. The molecule has 2 N–H and O–H groups in total. The van der Waals surface area contributed by atoms with Crippen molar-refractivity contribution in [2.45, 2.75) is 58.0 Å². The molecule has 6 heteroatoms. The van der Waals surface area contributed by atoms with Gasteiger partial charge >= 0.3 is 6.03 Å². The lowest BCUT2D eigenvalue weighted by Crippen LogP contribution is -2.39. The SMILES string of the molecule is CC(O)CCN(C)C(=O)NCCCc1nc2c(s1)CCCC2. The van der Waals surface area contributed by atoms with Crippen molar-refractivity contribution in [2.24, 2.45) is 0 Å². The molecule has 1 aromatic rings. The van der Waals surface area contributed by atoms with E-state index in [9.17, 15) is 9.90 Å². The maximum atomic E-state index is 11.8. The van der Waals surface area contributed by atoms with Crippen LogP contribution in [0.4, 0.5) is 4.79 Å². The largest absolute Gasteiger partial charge is 0.393 e. The van der Waals surface area contributed by atoms with Crippen molar-refractivity contribution in [1.82, 2.24) is 15.2 Å². The zero-order valence-electron chi connectivity index (χ0n) is 13.6. The summed E-state index contributed by atoms with van der Waals surface area (Å²) in [4.78, 5) is 19.7. The van der Waals surface area contributed by atoms with E-state index in [0.29, 0.717) is 19.5 Å². The van der Waals surface area contributed by atoms with E-state index in [4.69, 9.17) is 4.98 Å². The van der Waals surface area contributed by atoms with Crippen LogP contribution < -0.4 is 5.32 Å². The second-order valence-electron chi connectivity index (χ2n) is 6.08. The number of thiazole rings is 1. The van der Waals surface area contributed by atoms with Gasteiger partial charge in [0.25, 0.3) is 0 Å². The Bertz CT molecular complexity index is 464. The fraction of sp³-hybridized carbons (Fsp3) is 0.750. The highest BCUT2D eigenvalue weighted by atomic mass is 32.1.